The van der Waals surface area contributed by atoms with Gasteiger partial charge in [0.25, 0.3) is 5.91 Å². The molecule has 1 unspecified atom stereocenters. The first-order valence-electron chi connectivity index (χ1n) is 10.4. The molecule has 0 bridgehead atoms. The third kappa shape index (κ3) is 4.70. The van der Waals surface area contributed by atoms with E-state index in [0.29, 0.717) is 38.2 Å². The van der Waals surface area contributed by atoms with Gasteiger partial charge in [-0.1, -0.05) is 12.1 Å². The number of hydrogen-bond acceptors (Lipinski definition) is 5. The normalized spacial score (nSPS) is 21.7. The molecule has 2 aliphatic rings. The number of nitrogens with zero attached hydrogens (tertiary/aromatic N) is 4. The number of halogens is 1. The lowest BCUT2D eigenvalue weighted by Gasteiger charge is -2.42. The van der Waals surface area contributed by atoms with Crippen molar-refractivity contribution in [3.8, 4) is 0 Å². The van der Waals surface area contributed by atoms with Gasteiger partial charge in [0.05, 0.1) is 43.8 Å². The highest BCUT2D eigenvalue weighted by atomic mass is 19.1. The highest BCUT2D eigenvalue weighted by molar-refractivity contribution is 5.94. The molecule has 4 rings (SSSR count). The van der Waals surface area contributed by atoms with Gasteiger partial charge in [0, 0.05) is 25.8 Å². The van der Waals surface area contributed by atoms with Gasteiger partial charge in [0.15, 0.2) is 0 Å². The van der Waals surface area contributed by atoms with Crippen molar-refractivity contribution in [3.63, 3.8) is 0 Å². The molecule has 2 aromatic rings. The molecule has 1 atom stereocenters. The van der Waals surface area contributed by atoms with Crippen molar-refractivity contribution in [2.24, 2.45) is 0 Å². The maximum Gasteiger partial charge on any atom is 0.322 e. The van der Waals surface area contributed by atoms with E-state index in [1.165, 1.54) is 17.0 Å². The lowest BCUT2D eigenvalue weighted by molar-refractivity contribution is -0.258. The van der Waals surface area contributed by atoms with E-state index in [2.05, 4.69) is 10.4 Å². The van der Waals surface area contributed by atoms with Crippen LogP contribution in [0, 0.1) is 5.82 Å². The molecule has 10 heteroatoms. The molecule has 1 spiro atoms. The van der Waals surface area contributed by atoms with E-state index in [9.17, 15) is 14.0 Å². The predicted octanol–water partition coefficient (Wildman–Crippen LogP) is 2.17. The molecule has 166 valence electrons. The van der Waals surface area contributed by atoms with Crippen LogP contribution >= 0.6 is 0 Å². The molecule has 3 heterocycles. The number of para-hydroxylation sites is 1. The Morgan fingerprint density at radius 2 is 1.94 bits per heavy atom. The van der Waals surface area contributed by atoms with Gasteiger partial charge in [-0.15, -0.1) is 0 Å². The largest absolute Gasteiger partial charge is 0.347 e. The summed E-state index contributed by atoms with van der Waals surface area (Å²) in [6.07, 6.45) is 3.93. The maximum absolute atomic E-state index is 13.9. The minimum atomic E-state index is -1.13. The average Bonchev–Trinajstić information content (AvgIpc) is 3.18. The van der Waals surface area contributed by atoms with E-state index in [0.717, 1.165) is 0 Å². The fourth-order valence-corrected chi connectivity index (χ4v) is 3.80. The number of aromatic nitrogens is 2. The van der Waals surface area contributed by atoms with Crippen molar-refractivity contribution < 1.29 is 23.5 Å². The number of amides is 3. The van der Waals surface area contributed by atoms with Crippen molar-refractivity contribution >= 4 is 17.6 Å². The summed E-state index contributed by atoms with van der Waals surface area (Å²) in [5, 5.41) is 6.77. The Bertz CT molecular complexity index is 951. The number of urea groups is 1. The first-order chi connectivity index (χ1) is 15.0. The average molecular weight is 431 g/mol. The number of aryl methyl sites for hydroxylation is 1. The fraction of sp³-hybridized carbons (Fsp3) is 0.476. The van der Waals surface area contributed by atoms with Crippen molar-refractivity contribution in [3.05, 3.63) is 48.0 Å². The second-order valence-electron chi connectivity index (χ2n) is 7.60. The van der Waals surface area contributed by atoms with Gasteiger partial charge in [0.1, 0.15) is 5.82 Å². The molecule has 2 saturated heterocycles. The number of nitrogens with one attached hydrogen (secondary N) is 1. The summed E-state index contributed by atoms with van der Waals surface area (Å²) in [6.45, 7) is 4.45. The summed E-state index contributed by atoms with van der Waals surface area (Å²) in [7, 11) is 0. The number of benzene rings is 1. The minimum Gasteiger partial charge on any atom is -0.347 e. The van der Waals surface area contributed by atoms with E-state index < -0.39 is 17.6 Å². The molecular formula is C21H26FN5O4. The second kappa shape index (κ2) is 9.03. The van der Waals surface area contributed by atoms with Gasteiger partial charge in [-0.25, -0.2) is 9.18 Å². The Morgan fingerprint density at radius 1 is 1.16 bits per heavy atom. The Labute approximate surface area is 179 Å². The van der Waals surface area contributed by atoms with Crippen LogP contribution in [0.2, 0.25) is 0 Å². The summed E-state index contributed by atoms with van der Waals surface area (Å²) in [5.74, 6) is -1.78. The molecule has 1 N–H and O–H groups in total. The number of carbonyl (C=O) groups is 2. The van der Waals surface area contributed by atoms with Crippen molar-refractivity contribution in [2.75, 3.05) is 44.7 Å². The zero-order valence-corrected chi connectivity index (χ0v) is 17.4. The Balaban J connectivity index is 1.47. The van der Waals surface area contributed by atoms with Crippen LogP contribution in [0.25, 0.3) is 0 Å². The van der Waals surface area contributed by atoms with Crippen molar-refractivity contribution in [1.82, 2.24) is 19.6 Å². The first kappa shape index (κ1) is 21.3. The summed E-state index contributed by atoms with van der Waals surface area (Å²) in [6, 6.07) is 5.56. The molecule has 9 nitrogen and oxygen atoms in total. The maximum atomic E-state index is 13.9. The smallest absolute Gasteiger partial charge is 0.322 e. The minimum absolute atomic E-state index is 0.111. The number of morpholine rings is 1. The zero-order valence-electron chi connectivity index (χ0n) is 17.4. The van der Waals surface area contributed by atoms with E-state index in [4.69, 9.17) is 9.47 Å². The molecule has 0 aliphatic carbocycles. The van der Waals surface area contributed by atoms with E-state index >= 15 is 0 Å². The molecular weight excluding hydrogens is 405 g/mol. The van der Waals surface area contributed by atoms with Gasteiger partial charge in [-0.2, -0.15) is 5.10 Å². The van der Waals surface area contributed by atoms with Gasteiger partial charge < -0.3 is 24.6 Å². The van der Waals surface area contributed by atoms with Gasteiger partial charge >= 0.3 is 6.03 Å². The van der Waals surface area contributed by atoms with Crippen LogP contribution in [-0.4, -0.2) is 76.7 Å². The molecule has 1 aromatic carbocycles. The standard InChI is InChI=1S/C21H26FN5O4/c1-2-27-13-16(12-23-27)19(28)25-8-5-10-30-21(14-25)15-26(9-11-31-21)20(29)24-18-7-4-3-6-17(18)22/h3-4,6-7,12-13H,2,5,8-11,14-15H2,1H3,(H,24,29). The Kier molecular flexibility index (Phi) is 6.19. The van der Waals surface area contributed by atoms with E-state index in [-0.39, 0.29) is 31.3 Å². The van der Waals surface area contributed by atoms with Crippen LogP contribution in [0.4, 0.5) is 14.9 Å². The first-order valence-corrected chi connectivity index (χ1v) is 10.4. The summed E-state index contributed by atoms with van der Waals surface area (Å²) >= 11 is 0. The summed E-state index contributed by atoms with van der Waals surface area (Å²) < 4.78 is 27.6. The van der Waals surface area contributed by atoms with Crippen molar-refractivity contribution in [1.29, 1.82) is 0 Å². The van der Waals surface area contributed by atoms with Crippen LogP contribution in [0.5, 0.6) is 0 Å². The number of ether oxygens (including phenoxy) is 2. The lowest BCUT2D eigenvalue weighted by Crippen LogP contribution is -2.60. The number of hydrogen-bond donors (Lipinski definition) is 1. The molecule has 0 saturated carbocycles. The van der Waals surface area contributed by atoms with Crippen LogP contribution in [0.3, 0.4) is 0 Å². The van der Waals surface area contributed by atoms with Crippen LogP contribution in [-0.2, 0) is 16.0 Å². The topological polar surface area (TPSA) is 88.9 Å². The predicted molar refractivity (Wildman–Crippen MR) is 110 cm³/mol. The molecule has 31 heavy (non-hydrogen) atoms. The molecule has 2 aliphatic heterocycles. The number of carbonyl (C=O) groups excluding carboxylic acids is 2. The van der Waals surface area contributed by atoms with E-state index in [1.807, 2.05) is 6.92 Å². The zero-order chi connectivity index (χ0) is 21.8. The highest BCUT2D eigenvalue weighted by Crippen LogP contribution is 2.26. The Morgan fingerprint density at radius 3 is 2.71 bits per heavy atom. The highest BCUT2D eigenvalue weighted by Gasteiger charge is 2.43. The number of rotatable bonds is 3. The second-order valence-corrected chi connectivity index (χ2v) is 7.60. The number of anilines is 1. The molecule has 3 amide bonds. The monoisotopic (exact) mass is 431 g/mol. The SMILES string of the molecule is CCn1cc(C(=O)N2CCCOC3(CN(C(=O)Nc4ccccc4F)CCO3)C2)cn1. The lowest BCUT2D eigenvalue weighted by atomic mass is 10.2. The fourth-order valence-electron chi connectivity index (χ4n) is 3.80. The van der Waals surface area contributed by atoms with E-state index in [1.54, 1.807) is 34.1 Å². The van der Waals surface area contributed by atoms with Crippen LogP contribution in [0.1, 0.15) is 23.7 Å². The van der Waals surface area contributed by atoms with Crippen molar-refractivity contribution in [2.45, 2.75) is 25.7 Å². The third-order valence-electron chi connectivity index (χ3n) is 5.42. The summed E-state index contributed by atoms with van der Waals surface area (Å²) in [5.41, 5.74) is 0.614. The molecule has 1 aromatic heterocycles. The van der Waals surface area contributed by atoms with Gasteiger partial charge in [-0.3, -0.25) is 9.48 Å². The molecule has 2 fully saturated rings. The van der Waals surface area contributed by atoms with Crippen LogP contribution in [0.15, 0.2) is 36.7 Å². The van der Waals surface area contributed by atoms with Gasteiger partial charge in [-0.05, 0) is 25.5 Å². The Hall–Kier alpha value is -2.98. The third-order valence-corrected chi connectivity index (χ3v) is 5.42. The van der Waals surface area contributed by atoms with Crippen LogP contribution < -0.4 is 5.32 Å². The summed E-state index contributed by atoms with van der Waals surface area (Å²) in [4.78, 5) is 29.0. The molecule has 0 radical (unpaired) electrons. The quantitative estimate of drug-likeness (QED) is 0.805. The van der Waals surface area contributed by atoms with Gasteiger partial charge in [0.2, 0.25) is 5.79 Å².